The third kappa shape index (κ3) is 3.52. The topological polar surface area (TPSA) is 41.4 Å². The number of amides is 1. The Morgan fingerprint density at radius 1 is 0.964 bits per heavy atom. The number of aromatic nitrogens is 2. The van der Waals surface area contributed by atoms with Gasteiger partial charge in [0.15, 0.2) is 0 Å². The highest BCUT2D eigenvalue weighted by atomic mass is 16.2. The Balaban J connectivity index is 1.50. The minimum Gasteiger partial charge on any atom is -0.369 e. The molecule has 5 heteroatoms. The molecule has 2 aromatic heterocycles. The number of anilines is 1. The molecule has 1 fully saturated rings. The molecular formula is C23H26N4O. The van der Waals surface area contributed by atoms with Gasteiger partial charge in [-0.05, 0) is 42.7 Å². The van der Waals surface area contributed by atoms with Gasteiger partial charge in [0.05, 0.1) is 0 Å². The molecule has 1 aromatic carbocycles. The molecule has 0 bridgehead atoms. The van der Waals surface area contributed by atoms with Crippen molar-refractivity contribution in [3.05, 3.63) is 72.2 Å². The zero-order valence-corrected chi connectivity index (χ0v) is 16.5. The van der Waals surface area contributed by atoms with Gasteiger partial charge in [0.25, 0.3) is 5.91 Å². The van der Waals surface area contributed by atoms with Crippen molar-refractivity contribution >= 4 is 11.6 Å². The maximum Gasteiger partial charge on any atom is 0.270 e. The normalized spacial score (nSPS) is 14.8. The summed E-state index contributed by atoms with van der Waals surface area (Å²) in [5.41, 5.74) is 5.33. The highest BCUT2D eigenvalue weighted by Crippen LogP contribution is 2.24. The first kappa shape index (κ1) is 18.3. The van der Waals surface area contributed by atoms with E-state index in [4.69, 9.17) is 0 Å². The average molecular weight is 374 g/mol. The molecule has 144 valence electrons. The first-order valence-corrected chi connectivity index (χ1v) is 9.81. The van der Waals surface area contributed by atoms with Crippen molar-refractivity contribution < 1.29 is 4.79 Å². The molecule has 3 heterocycles. The van der Waals surface area contributed by atoms with Crippen LogP contribution in [0, 0.1) is 6.92 Å². The van der Waals surface area contributed by atoms with Gasteiger partial charge in [0, 0.05) is 57.0 Å². The Morgan fingerprint density at radius 2 is 1.79 bits per heavy atom. The molecule has 0 unspecified atom stereocenters. The highest BCUT2D eigenvalue weighted by Gasteiger charge is 2.23. The molecule has 1 aliphatic rings. The molecule has 0 radical (unpaired) electrons. The van der Waals surface area contributed by atoms with Crippen LogP contribution in [0.3, 0.4) is 0 Å². The molecule has 4 rings (SSSR count). The summed E-state index contributed by atoms with van der Waals surface area (Å²) >= 11 is 0. The van der Waals surface area contributed by atoms with E-state index >= 15 is 0 Å². The second kappa shape index (κ2) is 7.89. The fraction of sp³-hybridized carbons (Fsp3) is 0.304. The van der Waals surface area contributed by atoms with Gasteiger partial charge in [-0.3, -0.25) is 9.78 Å². The molecule has 28 heavy (non-hydrogen) atoms. The third-order valence-electron chi connectivity index (χ3n) is 5.52. The van der Waals surface area contributed by atoms with Crippen LogP contribution in [-0.2, 0) is 7.05 Å². The van der Waals surface area contributed by atoms with Crippen molar-refractivity contribution in [1.29, 1.82) is 0 Å². The van der Waals surface area contributed by atoms with E-state index in [1.807, 2.05) is 59.2 Å². The maximum atomic E-state index is 13.2. The number of nitrogens with zero attached hydrogens (tertiary/aromatic N) is 4. The predicted molar refractivity (Wildman–Crippen MR) is 113 cm³/mol. The monoisotopic (exact) mass is 374 g/mol. The summed E-state index contributed by atoms with van der Waals surface area (Å²) in [4.78, 5) is 21.7. The van der Waals surface area contributed by atoms with Crippen LogP contribution in [0.5, 0.6) is 0 Å². The van der Waals surface area contributed by atoms with E-state index < -0.39 is 0 Å². The summed E-state index contributed by atoms with van der Waals surface area (Å²) in [5.74, 6) is 0.109. The van der Waals surface area contributed by atoms with Gasteiger partial charge in [-0.25, -0.2) is 0 Å². The smallest absolute Gasteiger partial charge is 0.270 e. The Kier molecular flexibility index (Phi) is 5.15. The summed E-state index contributed by atoms with van der Waals surface area (Å²) in [6.07, 6.45) is 4.70. The van der Waals surface area contributed by atoms with Gasteiger partial charge in [0.2, 0.25) is 0 Å². The molecule has 0 spiro atoms. The van der Waals surface area contributed by atoms with Crippen LogP contribution in [0.1, 0.15) is 22.5 Å². The third-order valence-corrected chi connectivity index (χ3v) is 5.52. The van der Waals surface area contributed by atoms with E-state index in [9.17, 15) is 4.79 Å². The van der Waals surface area contributed by atoms with E-state index in [0.29, 0.717) is 0 Å². The number of hydrogen-bond donors (Lipinski definition) is 0. The lowest BCUT2D eigenvalue weighted by Gasteiger charge is -2.25. The summed E-state index contributed by atoms with van der Waals surface area (Å²) in [7, 11) is 1.97. The Labute approximate surface area is 166 Å². The molecular weight excluding hydrogens is 348 g/mol. The van der Waals surface area contributed by atoms with E-state index in [1.165, 1.54) is 11.3 Å². The minimum atomic E-state index is 0.109. The quantitative estimate of drug-likeness (QED) is 0.701. The van der Waals surface area contributed by atoms with Gasteiger partial charge in [-0.2, -0.15) is 0 Å². The fourth-order valence-electron chi connectivity index (χ4n) is 3.97. The number of benzene rings is 1. The van der Waals surface area contributed by atoms with Crippen molar-refractivity contribution in [1.82, 2.24) is 14.5 Å². The molecule has 1 saturated heterocycles. The molecule has 0 atom stereocenters. The second-order valence-corrected chi connectivity index (χ2v) is 7.32. The van der Waals surface area contributed by atoms with Crippen LogP contribution in [0.25, 0.3) is 11.3 Å². The summed E-state index contributed by atoms with van der Waals surface area (Å²) in [6, 6.07) is 16.2. The standard InChI is InChI=1S/C23H26N4O/c1-18-17-24-12-11-20(18)26-13-6-14-27(16-15-26)23(28)22-10-9-21(25(22)2)19-7-4-3-5-8-19/h3-5,7-12,17H,6,13-16H2,1-2H3. The lowest BCUT2D eigenvalue weighted by molar-refractivity contribution is 0.0757. The zero-order chi connectivity index (χ0) is 19.5. The van der Waals surface area contributed by atoms with Crippen LogP contribution >= 0.6 is 0 Å². The van der Waals surface area contributed by atoms with Crippen molar-refractivity contribution in [3.8, 4) is 11.3 Å². The van der Waals surface area contributed by atoms with Crippen molar-refractivity contribution in [3.63, 3.8) is 0 Å². The first-order valence-electron chi connectivity index (χ1n) is 9.81. The molecule has 1 amide bonds. The van der Waals surface area contributed by atoms with E-state index in [0.717, 1.165) is 49.6 Å². The highest BCUT2D eigenvalue weighted by molar-refractivity contribution is 5.94. The predicted octanol–water partition coefficient (Wildman–Crippen LogP) is 3.75. The van der Waals surface area contributed by atoms with Crippen LogP contribution in [0.4, 0.5) is 5.69 Å². The first-order chi connectivity index (χ1) is 13.6. The lowest BCUT2D eigenvalue weighted by Crippen LogP contribution is -2.36. The number of hydrogen-bond acceptors (Lipinski definition) is 3. The molecule has 1 aliphatic heterocycles. The number of rotatable bonds is 3. The van der Waals surface area contributed by atoms with Gasteiger partial charge in [0.1, 0.15) is 5.69 Å². The summed E-state index contributed by atoms with van der Waals surface area (Å²) in [5, 5.41) is 0. The van der Waals surface area contributed by atoms with Gasteiger partial charge >= 0.3 is 0 Å². The Bertz CT molecular complexity index is 964. The van der Waals surface area contributed by atoms with Crippen molar-refractivity contribution in [2.75, 3.05) is 31.1 Å². The SMILES string of the molecule is Cc1cnccc1N1CCCN(C(=O)c2ccc(-c3ccccc3)n2C)CC1. The van der Waals surface area contributed by atoms with Gasteiger partial charge in [-0.15, -0.1) is 0 Å². The summed E-state index contributed by atoms with van der Waals surface area (Å²) in [6.45, 7) is 5.40. The second-order valence-electron chi connectivity index (χ2n) is 7.32. The molecule has 0 saturated carbocycles. The number of carbonyl (C=O) groups is 1. The van der Waals surface area contributed by atoms with Gasteiger partial charge < -0.3 is 14.4 Å². The molecule has 0 aliphatic carbocycles. The molecule has 3 aromatic rings. The van der Waals surface area contributed by atoms with Crippen LogP contribution in [0.15, 0.2) is 60.9 Å². The number of aryl methyl sites for hydroxylation is 1. The lowest BCUT2D eigenvalue weighted by atomic mass is 10.2. The Hall–Kier alpha value is -3.08. The minimum absolute atomic E-state index is 0.109. The Morgan fingerprint density at radius 3 is 2.57 bits per heavy atom. The summed E-state index contributed by atoms with van der Waals surface area (Å²) < 4.78 is 2.01. The van der Waals surface area contributed by atoms with Crippen LogP contribution in [0.2, 0.25) is 0 Å². The van der Waals surface area contributed by atoms with E-state index in [2.05, 4.69) is 35.0 Å². The molecule has 0 N–H and O–H groups in total. The maximum absolute atomic E-state index is 13.2. The van der Waals surface area contributed by atoms with E-state index in [-0.39, 0.29) is 5.91 Å². The fourth-order valence-corrected chi connectivity index (χ4v) is 3.97. The van der Waals surface area contributed by atoms with Gasteiger partial charge in [-0.1, -0.05) is 30.3 Å². The largest absolute Gasteiger partial charge is 0.369 e. The number of pyridine rings is 1. The van der Waals surface area contributed by atoms with E-state index in [1.54, 1.807) is 0 Å². The van der Waals surface area contributed by atoms with Crippen LogP contribution in [-0.4, -0.2) is 46.5 Å². The average Bonchev–Trinajstić information content (AvgIpc) is 2.94. The zero-order valence-electron chi connectivity index (χ0n) is 16.5. The van der Waals surface area contributed by atoms with Crippen molar-refractivity contribution in [2.45, 2.75) is 13.3 Å². The molecule has 5 nitrogen and oxygen atoms in total. The number of carbonyl (C=O) groups excluding carboxylic acids is 1. The van der Waals surface area contributed by atoms with Crippen molar-refractivity contribution in [2.24, 2.45) is 7.05 Å². The van der Waals surface area contributed by atoms with Crippen LogP contribution < -0.4 is 4.90 Å².